The van der Waals surface area contributed by atoms with E-state index in [-0.39, 0.29) is 12.4 Å². The van der Waals surface area contributed by atoms with Gasteiger partial charge in [-0.25, -0.2) is 0 Å². The van der Waals surface area contributed by atoms with Crippen LogP contribution in [0.2, 0.25) is 0 Å². The molecule has 0 saturated heterocycles. The topological polar surface area (TPSA) is 3.24 Å². The summed E-state index contributed by atoms with van der Waals surface area (Å²) in [6.07, 6.45) is 5.41. The Morgan fingerprint density at radius 1 is 1.10 bits per heavy atom. The van der Waals surface area contributed by atoms with Crippen molar-refractivity contribution in [2.75, 3.05) is 20.6 Å². The zero-order valence-electron chi connectivity index (χ0n) is 13.4. The van der Waals surface area contributed by atoms with Crippen molar-refractivity contribution in [3.8, 4) is 0 Å². The van der Waals surface area contributed by atoms with Crippen molar-refractivity contribution < 1.29 is 0 Å². The Labute approximate surface area is 131 Å². The molecule has 1 aromatic carbocycles. The number of halogens is 1. The molecule has 0 spiro atoms. The number of rotatable bonds is 4. The molecule has 1 aliphatic carbocycles. The first-order chi connectivity index (χ1) is 8.96. The van der Waals surface area contributed by atoms with Gasteiger partial charge >= 0.3 is 0 Å². The van der Waals surface area contributed by atoms with Crippen molar-refractivity contribution in [2.45, 2.75) is 39.5 Å². The maximum Gasteiger partial charge on any atom is 0.000633 e. The standard InChI is InChI=1S/C18H29N.ClH/c1-18(2)11-10-16(14-19(3)4)17(13-18)12-15-8-6-5-7-9-15;/h5-9,16-17H,10-14H2,1-4H3;1H. The third kappa shape index (κ3) is 5.10. The molecule has 0 heterocycles. The monoisotopic (exact) mass is 295 g/mol. The minimum atomic E-state index is 0. The van der Waals surface area contributed by atoms with E-state index in [0.29, 0.717) is 5.41 Å². The molecular weight excluding hydrogens is 266 g/mol. The van der Waals surface area contributed by atoms with Crippen LogP contribution in [-0.4, -0.2) is 25.5 Å². The van der Waals surface area contributed by atoms with Gasteiger partial charge in [-0.3, -0.25) is 0 Å². The van der Waals surface area contributed by atoms with Crippen molar-refractivity contribution in [3.63, 3.8) is 0 Å². The lowest BCUT2D eigenvalue weighted by molar-refractivity contribution is 0.0976. The van der Waals surface area contributed by atoms with E-state index in [1.54, 1.807) is 0 Å². The number of hydrogen-bond donors (Lipinski definition) is 0. The molecule has 2 unspecified atom stereocenters. The smallest absolute Gasteiger partial charge is 0.000633 e. The van der Waals surface area contributed by atoms with E-state index >= 15 is 0 Å². The fraction of sp³-hybridized carbons (Fsp3) is 0.667. The van der Waals surface area contributed by atoms with Crippen molar-refractivity contribution in [2.24, 2.45) is 17.3 Å². The molecular formula is C18H30ClN. The lowest BCUT2D eigenvalue weighted by Gasteiger charge is -2.42. The van der Waals surface area contributed by atoms with Crippen LogP contribution in [0.4, 0.5) is 0 Å². The summed E-state index contributed by atoms with van der Waals surface area (Å²) in [4.78, 5) is 2.36. The van der Waals surface area contributed by atoms with Crippen LogP contribution in [0.25, 0.3) is 0 Å². The van der Waals surface area contributed by atoms with E-state index in [2.05, 4.69) is 63.2 Å². The van der Waals surface area contributed by atoms with E-state index in [1.165, 1.54) is 37.8 Å². The normalized spacial score (nSPS) is 25.2. The highest BCUT2D eigenvalue weighted by Gasteiger charge is 2.34. The first kappa shape index (κ1) is 17.5. The van der Waals surface area contributed by atoms with E-state index in [0.717, 1.165) is 11.8 Å². The fourth-order valence-corrected chi connectivity index (χ4v) is 3.66. The number of nitrogens with zero attached hydrogens (tertiary/aromatic N) is 1. The molecule has 1 fully saturated rings. The molecule has 1 aliphatic rings. The molecule has 20 heavy (non-hydrogen) atoms. The average molecular weight is 296 g/mol. The predicted molar refractivity (Wildman–Crippen MR) is 90.6 cm³/mol. The Kier molecular flexibility index (Phi) is 6.54. The first-order valence-corrected chi connectivity index (χ1v) is 7.65. The molecule has 0 amide bonds. The summed E-state index contributed by atoms with van der Waals surface area (Å²) < 4.78 is 0. The second-order valence-corrected chi connectivity index (χ2v) is 7.38. The zero-order valence-corrected chi connectivity index (χ0v) is 14.2. The van der Waals surface area contributed by atoms with Gasteiger partial charge in [0.05, 0.1) is 0 Å². The third-order valence-electron chi connectivity index (χ3n) is 4.61. The lowest BCUT2D eigenvalue weighted by Crippen LogP contribution is -2.36. The van der Waals surface area contributed by atoms with Crippen LogP contribution in [0, 0.1) is 17.3 Å². The SMILES string of the molecule is CN(C)CC1CCC(C)(C)CC1Cc1ccccc1.Cl. The Morgan fingerprint density at radius 2 is 1.75 bits per heavy atom. The summed E-state index contributed by atoms with van der Waals surface area (Å²) in [5, 5.41) is 0. The average Bonchev–Trinajstić information content (AvgIpc) is 2.33. The van der Waals surface area contributed by atoms with Crippen LogP contribution in [0.3, 0.4) is 0 Å². The maximum atomic E-state index is 2.44. The Morgan fingerprint density at radius 3 is 2.35 bits per heavy atom. The molecule has 1 nitrogen and oxygen atoms in total. The van der Waals surface area contributed by atoms with Crippen LogP contribution in [0.1, 0.15) is 38.7 Å². The highest BCUT2D eigenvalue weighted by molar-refractivity contribution is 5.85. The fourth-order valence-electron chi connectivity index (χ4n) is 3.66. The van der Waals surface area contributed by atoms with Crippen molar-refractivity contribution in [1.82, 2.24) is 4.90 Å². The van der Waals surface area contributed by atoms with Crippen LogP contribution in [-0.2, 0) is 6.42 Å². The Balaban J connectivity index is 0.00000200. The summed E-state index contributed by atoms with van der Waals surface area (Å²) in [6.45, 7) is 6.13. The summed E-state index contributed by atoms with van der Waals surface area (Å²) in [5.74, 6) is 1.71. The summed E-state index contributed by atoms with van der Waals surface area (Å²) in [6, 6.07) is 11.0. The molecule has 1 saturated carbocycles. The maximum absolute atomic E-state index is 2.44. The largest absolute Gasteiger partial charge is 0.309 e. The van der Waals surface area contributed by atoms with E-state index in [4.69, 9.17) is 0 Å². The molecule has 2 rings (SSSR count). The molecule has 0 aliphatic heterocycles. The summed E-state index contributed by atoms with van der Waals surface area (Å²) >= 11 is 0. The van der Waals surface area contributed by atoms with E-state index in [9.17, 15) is 0 Å². The number of benzene rings is 1. The second kappa shape index (κ2) is 7.47. The van der Waals surface area contributed by atoms with Gasteiger partial charge in [0.1, 0.15) is 0 Å². The molecule has 1 aromatic rings. The van der Waals surface area contributed by atoms with E-state index in [1.807, 2.05) is 0 Å². The zero-order chi connectivity index (χ0) is 13.9. The van der Waals surface area contributed by atoms with Crippen LogP contribution < -0.4 is 0 Å². The molecule has 2 heteroatoms. The molecule has 2 atom stereocenters. The van der Waals surface area contributed by atoms with Crippen LogP contribution in [0.15, 0.2) is 30.3 Å². The number of hydrogen-bond acceptors (Lipinski definition) is 1. The quantitative estimate of drug-likeness (QED) is 0.781. The van der Waals surface area contributed by atoms with Crippen LogP contribution in [0.5, 0.6) is 0 Å². The van der Waals surface area contributed by atoms with Gasteiger partial charge in [0, 0.05) is 6.54 Å². The predicted octanol–water partition coefficient (Wildman–Crippen LogP) is 4.66. The minimum Gasteiger partial charge on any atom is -0.309 e. The first-order valence-electron chi connectivity index (χ1n) is 7.65. The van der Waals surface area contributed by atoms with Gasteiger partial charge in [-0.1, -0.05) is 44.2 Å². The van der Waals surface area contributed by atoms with Crippen molar-refractivity contribution >= 4 is 12.4 Å². The second-order valence-electron chi connectivity index (χ2n) is 7.38. The molecule has 0 N–H and O–H groups in total. The lowest BCUT2D eigenvalue weighted by atomic mass is 9.65. The van der Waals surface area contributed by atoms with E-state index < -0.39 is 0 Å². The van der Waals surface area contributed by atoms with Crippen molar-refractivity contribution in [1.29, 1.82) is 0 Å². The van der Waals surface area contributed by atoms with Gasteiger partial charge in [0.15, 0.2) is 0 Å². The third-order valence-corrected chi connectivity index (χ3v) is 4.61. The van der Waals surface area contributed by atoms with Crippen molar-refractivity contribution in [3.05, 3.63) is 35.9 Å². The molecule has 0 bridgehead atoms. The van der Waals surface area contributed by atoms with Crippen LogP contribution >= 0.6 is 12.4 Å². The molecule has 114 valence electrons. The Hall–Kier alpha value is -0.530. The van der Waals surface area contributed by atoms with Gasteiger partial charge in [0.2, 0.25) is 0 Å². The van der Waals surface area contributed by atoms with Gasteiger partial charge in [0.25, 0.3) is 0 Å². The summed E-state index contributed by atoms with van der Waals surface area (Å²) in [7, 11) is 4.42. The van der Waals surface area contributed by atoms with Gasteiger partial charge in [-0.05, 0) is 62.6 Å². The molecule has 0 radical (unpaired) electrons. The molecule has 0 aromatic heterocycles. The Bertz CT molecular complexity index is 386. The minimum absolute atomic E-state index is 0. The highest BCUT2D eigenvalue weighted by atomic mass is 35.5. The van der Waals surface area contributed by atoms with Gasteiger partial charge in [-0.15, -0.1) is 12.4 Å². The highest BCUT2D eigenvalue weighted by Crippen LogP contribution is 2.43. The van der Waals surface area contributed by atoms with Gasteiger partial charge < -0.3 is 4.90 Å². The van der Waals surface area contributed by atoms with Gasteiger partial charge in [-0.2, -0.15) is 0 Å². The summed E-state index contributed by atoms with van der Waals surface area (Å²) in [5.41, 5.74) is 2.04.